The summed E-state index contributed by atoms with van der Waals surface area (Å²) in [6, 6.07) is 1.06. The van der Waals surface area contributed by atoms with Crippen LogP contribution in [-0.4, -0.2) is 35.4 Å². The molecule has 0 aliphatic heterocycles. The Morgan fingerprint density at radius 3 is 2.13 bits per heavy atom. The van der Waals surface area contributed by atoms with Gasteiger partial charge in [0.05, 0.1) is 4.92 Å². The van der Waals surface area contributed by atoms with Crippen molar-refractivity contribution in [3.63, 3.8) is 0 Å². The van der Waals surface area contributed by atoms with Crippen molar-refractivity contribution in [2.75, 3.05) is 0 Å². The number of hydrogen-bond donors (Lipinski definition) is 2. The second-order valence-electron chi connectivity index (χ2n) is 4.55. The molecule has 11 nitrogen and oxygen atoms in total. The molecule has 2 aromatic heterocycles. The van der Waals surface area contributed by atoms with E-state index in [1.807, 2.05) is 0 Å². The smallest absolute Gasteiger partial charge is 0.326 e. The molecule has 118 valence electrons. The van der Waals surface area contributed by atoms with E-state index < -0.39 is 22.1 Å². The van der Waals surface area contributed by atoms with Gasteiger partial charge < -0.3 is 19.3 Å². The van der Waals surface area contributed by atoms with Crippen molar-refractivity contribution in [2.24, 2.45) is 0 Å². The molecule has 2 N–H and O–H groups in total. The lowest BCUT2D eigenvalue weighted by molar-refractivity contribution is -0.385. The lowest BCUT2D eigenvalue weighted by Crippen LogP contribution is -1.98. The second kappa shape index (κ2) is 5.05. The van der Waals surface area contributed by atoms with Crippen LogP contribution in [0.5, 0.6) is 11.5 Å². The quantitative estimate of drug-likeness (QED) is 0.413. The number of benzene rings is 1. The molecule has 0 atom stereocenters. The van der Waals surface area contributed by atoms with Crippen molar-refractivity contribution >= 4 is 5.69 Å². The molecular formula is C12H9N5O6. The van der Waals surface area contributed by atoms with Gasteiger partial charge in [0.2, 0.25) is 29.2 Å². The molecular weight excluding hydrogens is 310 g/mol. The van der Waals surface area contributed by atoms with Crippen molar-refractivity contribution in [1.82, 2.24) is 20.3 Å². The fraction of sp³-hybridized carbons (Fsp3) is 0.167. The van der Waals surface area contributed by atoms with Crippen molar-refractivity contribution in [3.8, 4) is 34.3 Å². The Morgan fingerprint density at radius 1 is 1.09 bits per heavy atom. The standard InChI is InChI=1S/C12H9N5O6/c1-4-13-11(15-22-4)6-3-7(18)10(19)9(17(20)21)8(6)12-14-5(2)23-16-12/h3,18-19H,1-2H3. The minimum atomic E-state index is -0.920. The van der Waals surface area contributed by atoms with Gasteiger partial charge >= 0.3 is 5.69 Å². The Kier molecular flexibility index (Phi) is 3.17. The van der Waals surface area contributed by atoms with Gasteiger partial charge in [0.1, 0.15) is 5.56 Å². The van der Waals surface area contributed by atoms with E-state index in [2.05, 4.69) is 20.3 Å². The van der Waals surface area contributed by atoms with Gasteiger partial charge in [-0.3, -0.25) is 10.1 Å². The lowest BCUT2D eigenvalue weighted by Gasteiger charge is -2.07. The lowest BCUT2D eigenvalue weighted by atomic mass is 10.0. The zero-order chi connectivity index (χ0) is 16.7. The highest BCUT2D eigenvalue weighted by atomic mass is 16.6. The van der Waals surface area contributed by atoms with Gasteiger partial charge in [0.25, 0.3) is 0 Å². The maximum atomic E-state index is 11.3. The predicted octanol–water partition coefficient (Wildman–Crippen LogP) is 1.72. The molecule has 0 bridgehead atoms. The van der Waals surface area contributed by atoms with Crippen molar-refractivity contribution in [2.45, 2.75) is 13.8 Å². The number of nitro benzene ring substituents is 1. The van der Waals surface area contributed by atoms with Gasteiger partial charge in [-0.25, -0.2) is 0 Å². The van der Waals surface area contributed by atoms with E-state index in [1.54, 1.807) is 0 Å². The van der Waals surface area contributed by atoms with Crippen LogP contribution in [0, 0.1) is 24.0 Å². The van der Waals surface area contributed by atoms with Crippen LogP contribution in [-0.2, 0) is 0 Å². The Bertz CT molecular complexity index is 915. The van der Waals surface area contributed by atoms with Crippen LogP contribution in [0.2, 0.25) is 0 Å². The van der Waals surface area contributed by atoms with Crippen molar-refractivity contribution in [1.29, 1.82) is 0 Å². The Balaban J connectivity index is 2.41. The first-order chi connectivity index (χ1) is 10.9. The zero-order valence-electron chi connectivity index (χ0n) is 11.8. The summed E-state index contributed by atoms with van der Waals surface area (Å²) in [6.45, 7) is 3.03. The molecule has 0 fully saturated rings. The monoisotopic (exact) mass is 319 g/mol. The molecule has 11 heteroatoms. The van der Waals surface area contributed by atoms with E-state index in [4.69, 9.17) is 9.05 Å². The van der Waals surface area contributed by atoms with Crippen molar-refractivity contribution in [3.05, 3.63) is 28.0 Å². The van der Waals surface area contributed by atoms with Crippen LogP contribution in [0.15, 0.2) is 15.1 Å². The fourth-order valence-electron chi connectivity index (χ4n) is 2.03. The summed E-state index contributed by atoms with van der Waals surface area (Å²) in [4.78, 5) is 18.4. The largest absolute Gasteiger partial charge is 0.504 e. The third-order valence-corrected chi connectivity index (χ3v) is 2.96. The molecule has 0 unspecified atom stereocenters. The number of hydrogen-bond acceptors (Lipinski definition) is 10. The first kappa shape index (κ1) is 14.4. The predicted molar refractivity (Wildman–Crippen MR) is 72.5 cm³/mol. The highest BCUT2D eigenvalue weighted by molar-refractivity contribution is 5.89. The average Bonchev–Trinajstić information content (AvgIpc) is 3.09. The number of nitro groups is 1. The summed E-state index contributed by atoms with van der Waals surface area (Å²) in [5.74, 6) is -1.43. The molecule has 0 radical (unpaired) electrons. The van der Waals surface area contributed by atoms with Gasteiger partial charge in [0.15, 0.2) is 5.75 Å². The van der Waals surface area contributed by atoms with Gasteiger partial charge in [-0.1, -0.05) is 10.3 Å². The summed E-state index contributed by atoms with van der Waals surface area (Å²) in [6.07, 6.45) is 0. The molecule has 2 heterocycles. The van der Waals surface area contributed by atoms with Gasteiger partial charge in [0, 0.05) is 19.4 Å². The van der Waals surface area contributed by atoms with E-state index in [-0.39, 0.29) is 34.6 Å². The zero-order valence-corrected chi connectivity index (χ0v) is 11.8. The normalized spacial score (nSPS) is 10.9. The van der Waals surface area contributed by atoms with Crippen LogP contribution < -0.4 is 0 Å². The number of aryl methyl sites for hydroxylation is 2. The van der Waals surface area contributed by atoms with Crippen LogP contribution in [0.25, 0.3) is 22.8 Å². The second-order valence-corrected chi connectivity index (χ2v) is 4.55. The fourth-order valence-corrected chi connectivity index (χ4v) is 2.03. The molecule has 0 aliphatic rings. The number of rotatable bonds is 3. The SMILES string of the molecule is Cc1nc(-c2cc(O)c(O)c([N+](=O)[O-])c2-c2noc(C)n2)no1. The highest BCUT2D eigenvalue weighted by Crippen LogP contribution is 2.47. The van der Waals surface area contributed by atoms with E-state index in [1.165, 1.54) is 13.8 Å². The molecule has 3 rings (SSSR count). The first-order valence-electron chi connectivity index (χ1n) is 6.23. The average molecular weight is 319 g/mol. The maximum Gasteiger partial charge on any atom is 0.326 e. The van der Waals surface area contributed by atoms with E-state index >= 15 is 0 Å². The molecule has 23 heavy (non-hydrogen) atoms. The minimum absolute atomic E-state index is 0.0182. The van der Waals surface area contributed by atoms with Crippen LogP contribution >= 0.6 is 0 Å². The minimum Gasteiger partial charge on any atom is -0.504 e. The number of aromatic hydroxyl groups is 2. The van der Waals surface area contributed by atoms with E-state index in [0.717, 1.165) is 6.07 Å². The Labute approximate surface area is 127 Å². The third kappa shape index (κ3) is 2.33. The van der Waals surface area contributed by atoms with Crippen LogP contribution in [0.4, 0.5) is 5.69 Å². The number of phenols is 2. The summed E-state index contributed by atoms with van der Waals surface area (Å²) >= 11 is 0. The molecule has 0 spiro atoms. The third-order valence-electron chi connectivity index (χ3n) is 2.96. The summed E-state index contributed by atoms with van der Waals surface area (Å²) in [7, 11) is 0. The van der Waals surface area contributed by atoms with Gasteiger partial charge in [-0.05, 0) is 6.07 Å². The maximum absolute atomic E-state index is 11.3. The summed E-state index contributed by atoms with van der Waals surface area (Å²) < 4.78 is 9.67. The molecule has 1 aromatic carbocycles. The Morgan fingerprint density at radius 2 is 1.65 bits per heavy atom. The van der Waals surface area contributed by atoms with E-state index in [0.29, 0.717) is 0 Å². The first-order valence-corrected chi connectivity index (χ1v) is 6.23. The van der Waals surface area contributed by atoms with Gasteiger partial charge in [-0.2, -0.15) is 9.97 Å². The van der Waals surface area contributed by atoms with Crippen LogP contribution in [0.3, 0.4) is 0 Å². The van der Waals surface area contributed by atoms with Crippen molar-refractivity contribution < 1.29 is 24.2 Å². The highest BCUT2D eigenvalue weighted by Gasteiger charge is 2.32. The molecule has 0 amide bonds. The molecule has 3 aromatic rings. The Hall–Kier alpha value is -3.50. The number of nitrogens with zero attached hydrogens (tertiary/aromatic N) is 5. The molecule has 0 saturated carbocycles. The van der Waals surface area contributed by atoms with Crippen LogP contribution in [0.1, 0.15) is 11.8 Å². The molecule has 0 aliphatic carbocycles. The number of phenolic OH excluding ortho intramolecular Hbond substituents is 2. The number of aromatic nitrogens is 4. The van der Waals surface area contributed by atoms with E-state index in [9.17, 15) is 20.3 Å². The summed E-state index contributed by atoms with van der Waals surface area (Å²) in [5.41, 5.74) is -0.962. The summed E-state index contributed by atoms with van der Waals surface area (Å²) in [5, 5.41) is 38.3. The topological polar surface area (TPSA) is 161 Å². The van der Waals surface area contributed by atoms with Gasteiger partial charge in [-0.15, -0.1) is 0 Å². The molecule has 0 saturated heterocycles.